The lowest BCUT2D eigenvalue weighted by atomic mass is 10.1. The largest absolute Gasteiger partial charge is 0.497 e. The first kappa shape index (κ1) is 19.2. The SMILES string of the molecule is COc1cc(OC)cc(-c2cc(N)n(S(=O)(=O)c3ccc([N+](=O)[O-])cc3)n2)c1. The predicted molar refractivity (Wildman–Crippen MR) is 101 cm³/mol. The number of nitrogen functional groups attached to an aromatic ring is 1. The Balaban J connectivity index is 2.05. The van der Waals surface area contributed by atoms with Crippen molar-refractivity contribution in [3.63, 3.8) is 0 Å². The highest BCUT2D eigenvalue weighted by Gasteiger charge is 2.23. The molecular weight excluding hydrogens is 388 g/mol. The first-order valence-electron chi connectivity index (χ1n) is 7.85. The van der Waals surface area contributed by atoms with Crippen molar-refractivity contribution < 1.29 is 22.8 Å². The van der Waals surface area contributed by atoms with Crippen LogP contribution in [0.3, 0.4) is 0 Å². The van der Waals surface area contributed by atoms with E-state index in [-0.39, 0.29) is 16.4 Å². The Morgan fingerprint density at radius 2 is 1.61 bits per heavy atom. The normalized spacial score (nSPS) is 11.2. The molecule has 0 aliphatic carbocycles. The van der Waals surface area contributed by atoms with Gasteiger partial charge in [0.15, 0.2) is 0 Å². The summed E-state index contributed by atoms with van der Waals surface area (Å²) in [4.78, 5) is 9.95. The fourth-order valence-electron chi connectivity index (χ4n) is 2.51. The molecule has 10 nitrogen and oxygen atoms in total. The number of nitrogens with zero attached hydrogens (tertiary/aromatic N) is 3. The van der Waals surface area contributed by atoms with Crippen LogP contribution in [0.15, 0.2) is 53.4 Å². The molecule has 11 heteroatoms. The second-order valence-electron chi connectivity index (χ2n) is 5.65. The van der Waals surface area contributed by atoms with Gasteiger partial charge in [-0.25, -0.2) is 0 Å². The maximum Gasteiger partial charge on any atom is 0.284 e. The summed E-state index contributed by atoms with van der Waals surface area (Å²) in [6.07, 6.45) is 0. The van der Waals surface area contributed by atoms with E-state index in [9.17, 15) is 18.5 Å². The Hall–Kier alpha value is -3.60. The minimum atomic E-state index is -4.14. The van der Waals surface area contributed by atoms with Crippen LogP contribution in [0, 0.1) is 10.1 Å². The third-order valence-corrected chi connectivity index (χ3v) is 5.54. The van der Waals surface area contributed by atoms with E-state index in [0.29, 0.717) is 26.8 Å². The van der Waals surface area contributed by atoms with Gasteiger partial charge in [0.05, 0.1) is 29.7 Å². The maximum absolute atomic E-state index is 12.8. The summed E-state index contributed by atoms with van der Waals surface area (Å²) < 4.78 is 36.7. The van der Waals surface area contributed by atoms with Gasteiger partial charge in [-0.3, -0.25) is 10.1 Å². The average molecular weight is 404 g/mol. The molecule has 0 atom stereocenters. The van der Waals surface area contributed by atoms with Gasteiger partial charge < -0.3 is 15.2 Å². The van der Waals surface area contributed by atoms with E-state index in [4.69, 9.17) is 15.2 Å². The lowest BCUT2D eigenvalue weighted by Crippen LogP contribution is -2.16. The van der Waals surface area contributed by atoms with Crippen molar-refractivity contribution in [2.45, 2.75) is 4.90 Å². The van der Waals surface area contributed by atoms with Gasteiger partial charge in [0.1, 0.15) is 17.3 Å². The van der Waals surface area contributed by atoms with E-state index in [1.807, 2.05) is 0 Å². The van der Waals surface area contributed by atoms with Crippen molar-refractivity contribution in [2.24, 2.45) is 0 Å². The fourth-order valence-corrected chi connectivity index (χ4v) is 3.71. The summed E-state index contributed by atoms with van der Waals surface area (Å²) in [7, 11) is -1.15. The molecular formula is C17H16N4O6S. The van der Waals surface area contributed by atoms with Gasteiger partial charge in [0.2, 0.25) is 0 Å². The van der Waals surface area contributed by atoms with E-state index in [2.05, 4.69) is 5.10 Å². The average Bonchev–Trinajstić information content (AvgIpc) is 3.10. The first-order valence-corrected chi connectivity index (χ1v) is 9.29. The molecule has 0 unspecified atom stereocenters. The molecule has 0 aliphatic heterocycles. The molecule has 1 aromatic heterocycles. The first-order chi connectivity index (χ1) is 13.3. The summed E-state index contributed by atoms with van der Waals surface area (Å²) in [6, 6.07) is 10.8. The molecule has 3 aromatic rings. The van der Waals surface area contributed by atoms with E-state index in [1.165, 1.54) is 20.3 Å². The van der Waals surface area contributed by atoms with E-state index in [0.717, 1.165) is 24.3 Å². The minimum absolute atomic E-state index is 0.116. The third-order valence-electron chi connectivity index (χ3n) is 3.92. The number of non-ortho nitro benzene ring substituents is 1. The second kappa shape index (κ2) is 7.19. The molecule has 0 saturated heterocycles. The topological polar surface area (TPSA) is 140 Å². The fraction of sp³-hybridized carbons (Fsp3) is 0.118. The molecule has 0 radical (unpaired) electrons. The second-order valence-corrected chi connectivity index (χ2v) is 7.42. The lowest BCUT2D eigenvalue weighted by Gasteiger charge is -2.07. The smallest absolute Gasteiger partial charge is 0.284 e. The maximum atomic E-state index is 12.8. The Bertz CT molecular complexity index is 1120. The Morgan fingerprint density at radius 1 is 1.04 bits per heavy atom. The lowest BCUT2D eigenvalue weighted by molar-refractivity contribution is -0.384. The van der Waals surface area contributed by atoms with Crippen molar-refractivity contribution in [1.82, 2.24) is 9.19 Å². The van der Waals surface area contributed by atoms with Crippen LogP contribution >= 0.6 is 0 Å². The summed E-state index contributed by atoms with van der Waals surface area (Å²) >= 11 is 0. The molecule has 0 spiro atoms. The zero-order valence-electron chi connectivity index (χ0n) is 14.9. The van der Waals surface area contributed by atoms with Crippen LogP contribution in [0.4, 0.5) is 11.5 Å². The van der Waals surface area contributed by atoms with Gasteiger partial charge in [-0.1, -0.05) is 0 Å². The molecule has 0 fully saturated rings. The van der Waals surface area contributed by atoms with Gasteiger partial charge >= 0.3 is 0 Å². The highest BCUT2D eigenvalue weighted by atomic mass is 32.2. The van der Waals surface area contributed by atoms with Crippen LogP contribution in [0.25, 0.3) is 11.3 Å². The molecule has 2 aromatic carbocycles. The Morgan fingerprint density at radius 3 is 2.11 bits per heavy atom. The predicted octanol–water partition coefficient (Wildman–Crippen LogP) is 2.29. The zero-order chi connectivity index (χ0) is 20.5. The number of benzene rings is 2. The van der Waals surface area contributed by atoms with E-state index in [1.54, 1.807) is 18.2 Å². The molecule has 0 aliphatic rings. The van der Waals surface area contributed by atoms with Gasteiger partial charge in [0, 0.05) is 29.8 Å². The summed E-state index contributed by atoms with van der Waals surface area (Å²) in [6.45, 7) is 0. The monoisotopic (exact) mass is 404 g/mol. The summed E-state index contributed by atoms with van der Waals surface area (Å²) in [5.74, 6) is 0.886. The van der Waals surface area contributed by atoms with Crippen molar-refractivity contribution in [3.05, 3.63) is 58.6 Å². The molecule has 2 N–H and O–H groups in total. The molecule has 3 rings (SSSR count). The van der Waals surface area contributed by atoms with E-state index >= 15 is 0 Å². The van der Waals surface area contributed by atoms with Crippen molar-refractivity contribution in [3.8, 4) is 22.8 Å². The number of nitrogens with two attached hydrogens (primary N) is 1. The van der Waals surface area contributed by atoms with Gasteiger partial charge in [0.25, 0.3) is 15.7 Å². The molecule has 28 heavy (non-hydrogen) atoms. The van der Waals surface area contributed by atoms with Gasteiger partial charge in [-0.15, -0.1) is 4.09 Å². The standard InChI is InChI=1S/C17H16N4O6S/c1-26-13-7-11(8-14(9-13)27-2)16-10-17(18)20(19-16)28(24,25)15-5-3-12(4-6-15)21(22)23/h3-10H,18H2,1-2H3. The minimum Gasteiger partial charge on any atom is -0.497 e. The van der Waals surface area contributed by atoms with Crippen molar-refractivity contribution >= 4 is 21.5 Å². The van der Waals surface area contributed by atoms with Crippen LogP contribution in [-0.2, 0) is 10.0 Å². The molecule has 0 amide bonds. The number of nitro groups is 1. The van der Waals surface area contributed by atoms with Crippen LogP contribution in [0.1, 0.15) is 0 Å². The summed E-state index contributed by atoms with van der Waals surface area (Å²) in [5, 5.41) is 14.8. The highest BCUT2D eigenvalue weighted by Crippen LogP contribution is 2.31. The quantitative estimate of drug-likeness (QED) is 0.487. The van der Waals surface area contributed by atoms with Crippen LogP contribution in [-0.4, -0.2) is 36.7 Å². The number of methoxy groups -OCH3 is 2. The number of hydrogen-bond donors (Lipinski definition) is 1. The zero-order valence-corrected chi connectivity index (χ0v) is 15.7. The van der Waals surface area contributed by atoms with Crippen LogP contribution in [0.2, 0.25) is 0 Å². The van der Waals surface area contributed by atoms with Crippen molar-refractivity contribution in [2.75, 3.05) is 20.0 Å². The van der Waals surface area contributed by atoms with Gasteiger partial charge in [-0.2, -0.15) is 13.5 Å². The van der Waals surface area contributed by atoms with Crippen LogP contribution < -0.4 is 15.2 Å². The van der Waals surface area contributed by atoms with E-state index < -0.39 is 14.9 Å². The highest BCUT2D eigenvalue weighted by molar-refractivity contribution is 7.90. The number of anilines is 1. The van der Waals surface area contributed by atoms with Crippen molar-refractivity contribution in [1.29, 1.82) is 0 Å². The number of ether oxygens (including phenoxy) is 2. The third kappa shape index (κ3) is 3.47. The number of rotatable bonds is 6. The van der Waals surface area contributed by atoms with Crippen LogP contribution in [0.5, 0.6) is 11.5 Å². The number of nitro benzene ring substituents is 1. The van der Waals surface area contributed by atoms with Gasteiger partial charge in [-0.05, 0) is 24.3 Å². The number of hydrogen-bond acceptors (Lipinski definition) is 8. The molecule has 0 bridgehead atoms. The molecule has 146 valence electrons. The summed E-state index contributed by atoms with van der Waals surface area (Å²) in [5.41, 5.74) is 6.48. The molecule has 0 saturated carbocycles. The number of aromatic nitrogens is 2. The Kier molecular flexibility index (Phi) is 4.92. The Labute approximate surface area is 160 Å². The molecule has 1 heterocycles.